The molecule has 0 saturated carbocycles. The predicted octanol–water partition coefficient (Wildman–Crippen LogP) is 4.19. The van der Waals surface area contributed by atoms with E-state index in [0.29, 0.717) is 38.9 Å². The number of hydrogen-bond donors (Lipinski definition) is 1. The summed E-state index contributed by atoms with van der Waals surface area (Å²) in [4.78, 5) is 48.7. The number of para-hydroxylation sites is 1. The van der Waals surface area contributed by atoms with Crippen LogP contribution in [0.4, 0.5) is 5.69 Å². The maximum atomic E-state index is 14.6. The van der Waals surface area contributed by atoms with Gasteiger partial charge in [0.1, 0.15) is 11.6 Å². The number of hydrogen-bond acceptors (Lipinski definition) is 5. The maximum Gasteiger partial charge on any atom is 0.249 e. The Labute approximate surface area is 245 Å². The molecule has 1 spiro atoms. The van der Waals surface area contributed by atoms with Crippen LogP contribution in [0.2, 0.25) is 0 Å². The maximum absolute atomic E-state index is 14.6. The smallest absolute Gasteiger partial charge is 0.249 e. The summed E-state index contributed by atoms with van der Waals surface area (Å²) in [7, 11) is 0. The van der Waals surface area contributed by atoms with Gasteiger partial charge in [0.2, 0.25) is 17.7 Å². The number of nitrogens with zero attached hydrogens (tertiary/aromatic N) is 3. The number of aliphatic hydroxyl groups is 1. The van der Waals surface area contributed by atoms with Crippen molar-refractivity contribution in [3.05, 3.63) is 55.6 Å². The van der Waals surface area contributed by atoms with Crippen LogP contribution in [0.5, 0.6) is 0 Å². The highest BCUT2D eigenvalue weighted by Crippen LogP contribution is 2.65. The summed E-state index contributed by atoms with van der Waals surface area (Å²) in [6, 6.07) is 8.57. The molecule has 8 heteroatoms. The Morgan fingerprint density at radius 3 is 2.34 bits per heavy atom. The standard InChI is InChI=1S/C33H47N3O5/c1-8-18-34(24-16-12-10-13-17-24)28(38)25-26-29(39)35(20-14-11-15-21-37)27(30(40)36(19-9-2)31(4,5)6)33(26)22-23(3)32(25,7)41-33/h8-10,12-13,16-17,23,25-27,37H,1-2,11,14-15,18-22H2,3-7H3/t23?,25-,26+,27?,32+,33?/m1/s1. The van der Waals surface area contributed by atoms with E-state index in [4.69, 9.17) is 4.74 Å². The number of anilines is 1. The molecule has 1 aromatic rings. The van der Waals surface area contributed by atoms with Gasteiger partial charge in [-0.15, -0.1) is 13.2 Å². The molecule has 3 saturated heterocycles. The second kappa shape index (κ2) is 11.7. The van der Waals surface area contributed by atoms with E-state index in [1.54, 1.807) is 26.9 Å². The highest BCUT2D eigenvalue weighted by Gasteiger charge is 2.80. The number of benzene rings is 1. The summed E-state index contributed by atoms with van der Waals surface area (Å²) in [5, 5.41) is 9.31. The van der Waals surface area contributed by atoms with Gasteiger partial charge in [-0.25, -0.2) is 0 Å². The largest absolute Gasteiger partial charge is 0.396 e. The monoisotopic (exact) mass is 565 g/mol. The van der Waals surface area contributed by atoms with Crippen LogP contribution < -0.4 is 4.90 Å². The van der Waals surface area contributed by atoms with Crippen LogP contribution in [0.25, 0.3) is 0 Å². The highest BCUT2D eigenvalue weighted by atomic mass is 16.5. The first-order chi connectivity index (χ1) is 19.4. The molecule has 3 unspecified atom stereocenters. The molecule has 0 aromatic heterocycles. The van der Waals surface area contributed by atoms with Crippen LogP contribution in [0.15, 0.2) is 55.6 Å². The predicted molar refractivity (Wildman–Crippen MR) is 160 cm³/mol. The van der Waals surface area contributed by atoms with Gasteiger partial charge in [-0.1, -0.05) is 37.3 Å². The number of likely N-dealkylation sites (tertiary alicyclic amines) is 1. The van der Waals surface area contributed by atoms with Gasteiger partial charge in [-0.2, -0.15) is 0 Å². The lowest BCUT2D eigenvalue weighted by Gasteiger charge is -2.42. The first kappa shape index (κ1) is 31.0. The van der Waals surface area contributed by atoms with Crippen LogP contribution in [0, 0.1) is 17.8 Å². The molecule has 8 nitrogen and oxygen atoms in total. The zero-order valence-electron chi connectivity index (χ0n) is 25.3. The molecule has 3 heterocycles. The third-order valence-electron chi connectivity index (χ3n) is 9.40. The lowest BCUT2D eigenvalue weighted by molar-refractivity contribution is -0.155. The Morgan fingerprint density at radius 2 is 1.76 bits per heavy atom. The van der Waals surface area contributed by atoms with Gasteiger partial charge >= 0.3 is 0 Å². The summed E-state index contributed by atoms with van der Waals surface area (Å²) < 4.78 is 6.94. The first-order valence-corrected chi connectivity index (χ1v) is 14.9. The normalized spacial score (nSPS) is 30.3. The van der Waals surface area contributed by atoms with Crippen LogP contribution in [0.1, 0.15) is 60.3 Å². The van der Waals surface area contributed by atoms with Crippen molar-refractivity contribution in [2.24, 2.45) is 17.8 Å². The van der Waals surface area contributed by atoms with E-state index < -0.39 is 34.6 Å². The van der Waals surface area contributed by atoms with Gasteiger partial charge in [-0.05, 0) is 71.4 Å². The topological polar surface area (TPSA) is 90.4 Å². The van der Waals surface area contributed by atoms with Crippen molar-refractivity contribution in [3.63, 3.8) is 0 Å². The second-order valence-corrected chi connectivity index (χ2v) is 13.0. The Hall–Kier alpha value is -2.97. The Kier molecular flexibility index (Phi) is 8.86. The van der Waals surface area contributed by atoms with E-state index in [1.807, 2.05) is 58.0 Å². The van der Waals surface area contributed by atoms with Crippen LogP contribution in [-0.4, -0.2) is 81.7 Å². The molecule has 41 heavy (non-hydrogen) atoms. The lowest BCUT2D eigenvalue weighted by Crippen LogP contribution is -2.60. The van der Waals surface area contributed by atoms with E-state index in [0.717, 1.165) is 12.1 Å². The highest BCUT2D eigenvalue weighted by molar-refractivity contribution is 6.03. The second-order valence-electron chi connectivity index (χ2n) is 13.0. The number of carbonyl (C=O) groups is 3. The fourth-order valence-corrected chi connectivity index (χ4v) is 7.40. The molecule has 3 aliphatic rings. The lowest BCUT2D eigenvalue weighted by atomic mass is 9.62. The van der Waals surface area contributed by atoms with Gasteiger partial charge < -0.3 is 24.5 Å². The molecular weight excluding hydrogens is 518 g/mol. The summed E-state index contributed by atoms with van der Waals surface area (Å²) >= 11 is 0. The van der Waals surface area contributed by atoms with Crippen LogP contribution in [-0.2, 0) is 19.1 Å². The molecule has 1 N–H and O–H groups in total. The Balaban J connectivity index is 1.82. The minimum atomic E-state index is -1.11. The number of carbonyl (C=O) groups excluding carboxylic acids is 3. The van der Waals surface area contributed by atoms with E-state index in [1.165, 1.54) is 0 Å². The van der Waals surface area contributed by atoms with E-state index >= 15 is 0 Å². The fourth-order valence-electron chi connectivity index (χ4n) is 7.40. The van der Waals surface area contributed by atoms with Crippen LogP contribution in [0.3, 0.4) is 0 Å². The average Bonchev–Trinajstić information content (AvgIpc) is 3.44. The Morgan fingerprint density at radius 1 is 1.10 bits per heavy atom. The number of amides is 3. The summed E-state index contributed by atoms with van der Waals surface area (Å²) in [5.74, 6) is -2.12. The average molecular weight is 566 g/mol. The molecule has 1 aromatic carbocycles. The van der Waals surface area contributed by atoms with Crippen LogP contribution >= 0.6 is 0 Å². The summed E-state index contributed by atoms with van der Waals surface area (Å²) in [6.45, 7) is 18.7. The quantitative estimate of drug-likeness (QED) is 0.303. The molecule has 0 aliphatic carbocycles. The number of unbranched alkanes of at least 4 members (excludes halogenated alkanes) is 2. The summed E-state index contributed by atoms with van der Waals surface area (Å²) in [6.07, 6.45) is 5.91. The van der Waals surface area contributed by atoms with Gasteiger partial charge in [-0.3, -0.25) is 14.4 Å². The molecule has 3 fully saturated rings. The summed E-state index contributed by atoms with van der Waals surface area (Å²) in [5.41, 5.74) is -1.80. The third-order valence-corrected chi connectivity index (χ3v) is 9.40. The van der Waals surface area contributed by atoms with Gasteiger partial charge in [0.15, 0.2) is 0 Å². The zero-order chi connectivity index (χ0) is 30.2. The van der Waals surface area contributed by atoms with Crippen molar-refractivity contribution in [3.8, 4) is 0 Å². The number of ether oxygens (including phenoxy) is 1. The van der Waals surface area contributed by atoms with Crippen molar-refractivity contribution < 1.29 is 24.2 Å². The zero-order valence-corrected chi connectivity index (χ0v) is 25.3. The van der Waals surface area contributed by atoms with Crippen molar-refractivity contribution in [2.75, 3.05) is 31.1 Å². The number of rotatable bonds is 12. The minimum absolute atomic E-state index is 0.0472. The van der Waals surface area contributed by atoms with E-state index in [9.17, 15) is 19.5 Å². The van der Waals surface area contributed by atoms with Crippen molar-refractivity contribution in [1.29, 1.82) is 0 Å². The SMILES string of the molecule is C=CCN(C(=O)[C@H]1[C@H]2C(=O)N(CCCCCO)C(C(=O)N(CC=C)C(C)(C)C)C23CC(C)[C@]1(C)O3)c1ccccc1. The molecule has 3 amide bonds. The van der Waals surface area contributed by atoms with Gasteiger partial charge in [0, 0.05) is 37.5 Å². The van der Waals surface area contributed by atoms with Crippen molar-refractivity contribution >= 4 is 23.4 Å². The molecule has 0 radical (unpaired) electrons. The molecule has 2 bridgehead atoms. The first-order valence-electron chi connectivity index (χ1n) is 14.9. The molecular formula is C33H47N3O5. The molecule has 6 atom stereocenters. The van der Waals surface area contributed by atoms with E-state index in [2.05, 4.69) is 20.1 Å². The van der Waals surface area contributed by atoms with Crippen molar-refractivity contribution in [2.45, 2.75) is 83.1 Å². The number of fused-ring (bicyclic) bond motifs is 1. The van der Waals surface area contributed by atoms with Gasteiger partial charge in [0.25, 0.3) is 0 Å². The fraction of sp³-hybridized carbons (Fsp3) is 0.606. The molecule has 4 rings (SSSR count). The van der Waals surface area contributed by atoms with Crippen molar-refractivity contribution in [1.82, 2.24) is 9.80 Å². The van der Waals surface area contributed by atoms with E-state index in [-0.39, 0.29) is 30.2 Å². The third kappa shape index (κ3) is 5.14. The van der Waals surface area contributed by atoms with Gasteiger partial charge in [0.05, 0.1) is 17.4 Å². The minimum Gasteiger partial charge on any atom is -0.396 e. The number of aliphatic hydroxyl groups excluding tert-OH is 1. The molecule has 224 valence electrons. The molecule has 3 aliphatic heterocycles. The Bertz CT molecular complexity index is 1160.